The molecule has 1 amide bonds. The molecular formula is C18H15BrFN6O4+. The topological polar surface area (TPSA) is 139 Å². The van der Waals surface area contributed by atoms with Crippen molar-refractivity contribution in [3.05, 3.63) is 58.4 Å². The first-order chi connectivity index (χ1) is 14.3. The number of nitrogens with two attached hydrogens (primary N) is 1. The summed E-state index contributed by atoms with van der Waals surface area (Å²) in [6.45, 7) is 3.00. The van der Waals surface area contributed by atoms with Crippen molar-refractivity contribution in [3.8, 4) is 5.75 Å². The molecule has 0 spiro atoms. The van der Waals surface area contributed by atoms with E-state index in [2.05, 4.69) is 47.9 Å². The van der Waals surface area contributed by atoms with Crippen molar-refractivity contribution < 1.29 is 28.5 Å². The molecule has 1 aromatic heterocycles. The summed E-state index contributed by atoms with van der Waals surface area (Å²) in [5, 5.41) is 18.9. The number of halogens is 2. The van der Waals surface area contributed by atoms with E-state index in [0.717, 1.165) is 0 Å². The highest BCUT2D eigenvalue weighted by Gasteiger charge is 2.17. The Hall–Kier alpha value is -3.80. The van der Waals surface area contributed by atoms with Gasteiger partial charge in [-0.15, -0.1) is 0 Å². The second-order valence-corrected chi connectivity index (χ2v) is 6.64. The fourth-order valence-electron chi connectivity index (χ4n) is 2.22. The van der Waals surface area contributed by atoms with E-state index in [0.29, 0.717) is 21.9 Å². The van der Waals surface area contributed by atoms with Crippen LogP contribution in [0.25, 0.3) is 0 Å². The number of ether oxygens (including phenoxy) is 1. The quantitative estimate of drug-likeness (QED) is 0.156. The molecule has 0 bridgehead atoms. The zero-order valence-electron chi connectivity index (χ0n) is 15.2. The molecule has 30 heavy (non-hydrogen) atoms. The van der Waals surface area contributed by atoms with Crippen LogP contribution in [-0.2, 0) is 4.79 Å². The van der Waals surface area contributed by atoms with E-state index < -0.39 is 11.7 Å². The third-order valence-corrected chi connectivity index (χ3v) is 4.25. The molecule has 1 heterocycles. The van der Waals surface area contributed by atoms with Crippen LogP contribution in [0.1, 0.15) is 5.69 Å². The van der Waals surface area contributed by atoms with Crippen LogP contribution < -0.4 is 15.8 Å². The highest BCUT2D eigenvalue weighted by atomic mass is 79.9. The fraction of sp³-hybridized carbons (Fsp3) is 0.0556. The van der Waals surface area contributed by atoms with Crippen LogP contribution in [0.15, 0.2) is 56.6 Å². The summed E-state index contributed by atoms with van der Waals surface area (Å²) >= 11 is 3.06. The molecule has 0 saturated heterocycles. The Labute approximate surface area is 177 Å². The minimum Gasteiger partial charge on any atom is -0.484 e. The molecule has 0 fully saturated rings. The van der Waals surface area contributed by atoms with Gasteiger partial charge in [-0.3, -0.25) is 10.0 Å². The highest BCUT2D eigenvalue weighted by Crippen LogP contribution is 2.23. The Morgan fingerprint density at radius 2 is 2.07 bits per heavy atom. The van der Waals surface area contributed by atoms with E-state index in [9.17, 15) is 14.4 Å². The minimum absolute atomic E-state index is 0.00614. The van der Waals surface area contributed by atoms with Crippen LogP contribution in [0.4, 0.5) is 21.6 Å². The zero-order chi connectivity index (χ0) is 21.7. The summed E-state index contributed by atoms with van der Waals surface area (Å²) < 4.78 is 24.2. The van der Waals surface area contributed by atoms with E-state index >= 15 is 0 Å². The van der Waals surface area contributed by atoms with Crippen LogP contribution in [0.2, 0.25) is 0 Å². The number of carbonyl (C=O) groups is 1. The monoisotopic (exact) mass is 477 g/mol. The molecule has 10 nitrogen and oxygen atoms in total. The smallest absolute Gasteiger partial charge is 0.263 e. The van der Waals surface area contributed by atoms with E-state index in [1.807, 2.05) is 0 Å². The van der Waals surface area contributed by atoms with Crippen molar-refractivity contribution in [1.29, 1.82) is 0 Å². The van der Waals surface area contributed by atoms with Crippen LogP contribution >= 0.6 is 15.9 Å². The highest BCUT2D eigenvalue weighted by molar-refractivity contribution is 9.10. The number of nitrogens with one attached hydrogen (secondary N) is 1. The number of rotatable bonds is 7. The fourth-order valence-corrected chi connectivity index (χ4v) is 2.58. The lowest BCUT2D eigenvalue weighted by Gasteiger charge is -2.06. The number of amides is 1. The Balaban J connectivity index is 1.64. The third kappa shape index (κ3) is 5.17. The molecule has 0 aliphatic carbocycles. The standard InChI is InChI=1S/C18H14BrFN6O4/c1-26(28)11-3-5-12(6-4-11)29-9-15(27)23-18-16(24-30-25-18)17(21)22-10-2-7-14(20)13(19)8-10/h2-8H,1,9H2,(H3-,21,22,23,25,27,28)/p+1. The Morgan fingerprint density at radius 1 is 1.33 bits per heavy atom. The minimum atomic E-state index is -0.547. The summed E-state index contributed by atoms with van der Waals surface area (Å²) in [6, 6.07) is 10.3. The lowest BCUT2D eigenvalue weighted by molar-refractivity contribution is -0.706. The van der Waals surface area contributed by atoms with Crippen molar-refractivity contribution in [2.45, 2.75) is 0 Å². The van der Waals surface area contributed by atoms with Gasteiger partial charge in [0.1, 0.15) is 11.6 Å². The first-order valence-corrected chi connectivity index (χ1v) is 9.07. The van der Waals surface area contributed by atoms with Crippen LogP contribution in [-0.4, -0.2) is 45.3 Å². The second kappa shape index (κ2) is 9.13. The molecule has 3 aromatic rings. The number of benzene rings is 2. The molecule has 3 rings (SSSR count). The first kappa shape index (κ1) is 20.9. The maximum Gasteiger partial charge on any atom is 0.263 e. The van der Waals surface area contributed by atoms with Gasteiger partial charge in [0, 0.05) is 16.9 Å². The zero-order valence-corrected chi connectivity index (χ0v) is 16.8. The predicted octanol–water partition coefficient (Wildman–Crippen LogP) is 2.76. The molecule has 12 heteroatoms. The normalized spacial score (nSPS) is 11.2. The maximum atomic E-state index is 13.3. The molecule has 0 aliphatic rings. The van der Waals surface area contributed by atoms with Gasteiger partial charge in [0.05, 0.1) is 10.2 Å². The van der Waals surface area contributed by atoms with Gasteiger partial charge in [-0.1, -0.05) is 0 Å². The maximum absolute atomic E-state index is 13.3. The lowest BCUT2D eigenvalue weighted by atomic mass is 10.3. The van der Waals surface area contributed by atoms with Gasteiger partial charge in [-0.25, -0.2) is 14.0 Å². The van der Waals surface area contributed by atoms with E-state index in [1.54, 1.807) is 24.3 Å². The van der Waals surface area contributed by atoms with Gasteiger partial charge in [0.2, 0.25) is 5.82 Å². The number of aliphatic imine (C=N–C) groups is 1. The Morgan fingerprint density at radius 3 is 2.73 bits per heavy atom. The van der Waals surface area contributed by atoms with Gasteiger partial charge in [0.25, 0.3) is 11.6 Å². The molecule has 0 aliphatic heterocycles. The van der Waals surface area contributed by atoms with Gasteiger partial charge < -0.3 is 15.8 Å². The summed E-state index contributed by atoms with van der Waals surface area (Å²) in [5.74, 6) is -0.734. The van der Waals surface area contributed by atoms with Gasteiger partial charge in [-0.2, -0.15) is 0 Å². The third-order valence-electron chi connectivity index (χ3n) is 3.65. The van der Waals surface area contributed by atoms with E-state index in [4.69, 9.17) is 10.5 Å². The second-order valence-electron chi connectivity index (χ2n) is 5.79. The molecule has 154 valence electrons. The first-order valence-electron chi connectivity index (χ1n) is 8.28. The molecule has 0 saturated carbocycles. The van der Waals surface area contributed by atoms with Gasteiger partial charge in [-0.05, 0) is 56.6 Å². The number of carbonyl (C=O) groups excluding carboxylic acids is 1. The van der Waals surface area contributed by atoms with Crippen molar-refractivity contribution in [3.63, 3.8) is 0 Å². The van der Waals surface area contributed by atoms with Gasteiger partial charge >= 0.3 is 0 Å². The summed E-state index contributed by atoms with van der Waals surface area (Å²) in [5.41, 5.74) is 6.72. The average Bonchev–Trinajstić information content (AvgIpc) is 3.17. The molecule has 2 aromatic carbocycles. The van der Waals surface area contributed by atoms with Crippen LogP contribution in [0, 0.1) is 5.82 Å². The van der Waals surface area contributed by atoms with Crippen molar-refractivity contribution in [1.82, 2.24) is 10.3 Å². The van der Waals surface area contributed by atoms with Crippen LogP contribution in [0.3, 0.4) is 0 Å². The number of hydrogen-bond donors (Lipinski definition) is 3. The number of hydrogen-bond acceptors (Lipinski definition) is 7. The molecule has 0 atom stereocenters. The lowest BCUT2D eigenvalue weighted by Crippen LogP contribution is -2.23. The van der Waals surface area contributed by atoms with Gasteiger partial charge in [0.15, 0.2) is 24.9 Å². The molecule has 4 N–H and O–H groups in total. The summed E-state index contributed by atoms with van der Waals surface area (Å²) in [6.07, 6.45) is 0. The van der Waals surface area contributed by atoms with E-state index in [1.165, 1.54) is 18.2 Å². The SMILES string of the molecule is C=[N+](O)c1ccc(OCC(=O)Nc2nonc2C(N)=Nc2ccc(F)c(Br)c2)cc1. The molecule has 0 radical (unpaired) electrons. The summed E-state index contributed by atoms with van der Waals surface area (Å²) in [7, 11) is 0. The largest absolute Gasteiger partial charge is 0.484 e. The number of anilines is 1. The summed E-state index contributed by atoms with van der Waals surface area (Å²) in [4.78, 5) is 16.3. The molecular weight excluding hydrogens is 463 g/mol. The van der Waals surface area contributed by atoms with Crippen molar-refractivity contribution >= 4 is 51.6 Å². The Kier molecular flexibility index (Phi) is 6.37. The molecule has 0 unspecified atom stereocenters. The number of amidine groups is 1. The predicted molar refractivity (Wildman–Crippen MR) is 108 cm³/mol. The Bertz CT molecular complexity index is 1120. The average molecular weight is 478 g/mol. The number of nitrogens with zero attached hydrogens (tertiary/aromatic N) is 4. The van der Waals surface area contributed by atoms with Crippen molar-refractivity contribution in [2.24, 2.45) is 10.7 Å². The van der Waals surface area contributed by atoms with Crippen molar-refractivity contribution in [2.75, 3.05) is 11.9 Å². The number of aromatic nitrogens is 2. The van der Waals surface area contributed by atoms with E-state index in [-0.39, 0.29) is 28.4 Å². The van der Waals surface area contributed by atoms with Crippen LogP contribution in [0.5, 0.6) is 5.75 Å².